The van der Waals surface area contributed by atoms with Crippen LogP contribution in [0.3, 0.4) is 0 Å². The lowest BCUT2D eigenvalue weighted by Gasteiger charge is -2.30. The lowest BCUT2D eigenvalue weighted by atomic mass is 9.76. The molecule has 1 N–H and O–H groups in total. The van der Waals surface area contributed by atoms with Crippen LogP contribution in [-0.4, -0.2) is 44.4 Å². The van der Waals surface area contributed by atoms with Gasteiger partial charge in [-0.25, -0.2) is 0 Å². The number of nitrogens with zero attached hydrogens (tertiary/aromatic N) is 2. The van der Waals surface area contributed by atoms with Crippen molar-refractivity contribution in [2.24, 2.45) is 0 Å². The first-order valence-electron chi connectivity index (χ1n) is 11.0. The minimum atomic E-state index is -1.13. The Balaban J connectivity index is 1.60. The molecule has 0 spiro atoms. The maximum atomic E-state index is 12.4. The third-order valence-electron chi connectivity index (χ3n) is 6.50. The summed E-state index contributed by atoms with van der Waals surface area (Å²) in [5, 5.41) is 10.2. The van der Waals surface area contributed by atoms with E-state index in [1.807, 2.05) is 55.6 Å². The van der Waals surface area contributed by atoms with E-state index in [0.29, 0.717) is 0 Å². The van der Waals surface area contributed by atoms with Gasteiger partial charge in [0.1, 0.15) is 5.41 Å². The van der Waals surface area contributed by atoms with E-state index >= 15 is 0 Å². The molecule has 0 radical (unpaired) electrons. The van der Waals surface area contributed by atoms with Gasteiger partial charge in [0.05, 0.1) is 13.2 Å². The lowest BCUT2D eigenvalue weighted by Crippen LogP contribution is -2.36. The smallest absolute Gasteiger partial charge is 0.318 e. The van der Waals surface area contributed by atoms with Crippen molar-refractivity contribution in [2.45, 2.75) is 19.3 Å². The average Bonchev–Trinajstić information content (AvgIpc) is 2.84. The first-order valence-corrected chi connectivity index (χ1v) is 11.0. The van der Waals surface area contributed by atoms with Gasteiger partial charge < -0.3 is 19.6 Å². The molecule has 1 aliphatic rings. The van der Waals surface area contributed by atoms with E-state index in [-0.39, 0.29) is 0 Å². The van der Waals surface area contributed by atoms with Crippen LogP contribution in [0.1, 0.15) is 23.6 Å². The predicted molar refractivity (Wildman–Crippen MR) is 129 cm³/mol. The maximum absolute atomic E-state index is 12.4. The summed E-state index contributed by atoms with van der Waals surface area (Å²) in [5.74, 6) is -0.865. The van der Waals surface area contributed by atoms with Gasteiger partial charge in [-0.15, -0.1) is 0 Å². The van der Waals surface area contributed by atoms with Crippen LogP contribution >= 0.6 is 0 Å². The van der Waals surface area contributed by atoms with Crippen molar-refractivity contribution in [3.8, 4) is 0 Å². The standard InChI is InChI=1S/C27H30N2O3/c1-20-4-10-23(11-5-20)28(3)24-12-6-21(7-13-24)27(2,26(30)31)22-8-14-25(15-9-22)29-16-18-32-19-17-29/h4-15H,16-19H2,1-3H3,(H,30,31). The van der Waals surface area contributed by atoms with E-state index in [4.69, 9.17) is 4.74 Å². The molecule has 1 unspecified atom stereocenters. The topological polar surface area (TPSA) is 53.0 Å². The van der Waals surface area contributed by atoms with Crippen LogP contribution in [0.25, 0.3) is 0 Å². The van der Waals surface area contributed by atoms with Crippen molar-refractivity contribution in [2.75, 3.05) is 43.2 Å². The zero-order chi connectivity index (χ0) is 22.7. The molecule has 4 rings (SSSR count). The molecule has 1 fully saturated rings. The molecule has 3 aromatic carbocycles. The Kier molecular flexibility index (Phi) is 6.19. The Morgan fingerprint density at radius 3 is 1.84 bits per heavy atom. The molecule has 1 heterocycles. The predicted octanol–water partition coefficient (Wildman–Crippen LogP) is 4.99. The third kappa shape index (κ3) is 4.21. The molecule has 1 aliphatic heterocycles. The van der Waals surface area contributed by atoms with Crippen LogP contribution in [0.5, 0.6) is 0 Å². The fraction of sp³-hybridized carbons (Fsp3) is 0.296. The van der Waals surface area contributed by atoms with E-state index < -0.39 is 11.4 Å². The van der Waals surface area contributed by atoms with Crippen LogP contribution in [0.2, 0.25) is 0 Å². The Hall–Kier alpha value is -3.31. The molecular formula is C27H30N2O3. The first-order chi connectivity index (χ1) is 15.4. The van der Waals surface area contributed by atoms with Gasteiger partial charge in [0, 0.05) is 37.2 Å². The van der Waals surface area contributed by atoms with Crippen LogP contribution in [0, 0.1) is 6.92 Å². The molecule has 1 atom stereocenters. The third-order valence-corrected chi connectivity index (χ3v) is 6.50. The number of carboxylic acids is 1. The van der Waals surface area contributed by atoms with Crippen molar-refractivity contribution in [3.63, 3.8) is 0 Å². The molecule has 0 bridgehead atoms. The number of rotatable bonds is 6. The molecule has 0 aromatic heterocycles. The minimum Gasteiger partial charge on any atom is -0.480 e. The van der Waals surface area contributed by atoms with Crippen molar-refractivity contribution in [1.82, 2.24) is 0 Å². The van der Waals surface area contributed by atoms with Crippen molar-refractivity contribution >= 4 is 23.0 Å². The van der Waals surface area contributed by atoms with Crippen molar-refractivity contribution in [1.29, 1.82) is 0 Å². The summed E-state index contributed by atoms with van der Waals surface area (Å²) in [7, 11) is 2.01. The summed E-state index contributed by atoms with van der Waals surface area (Å²) in [6, 6.07) is 24.1. The number of morpholine rings is 1. The number of hydrogen-bond donors (Lipinski definition) is 1. The number of hydrogen-bond acceptors (Lipinski definition) is 4. The van der Waals surface area contributed by atoms with Crippen LogP contribution in [0.4, 0.5) is 17.1 Å². The van der Waals surface area contributed by atoms with E-state index in [0.717, 1.165) is 54.5 Å². The highest BCUT2D eigenvalue weighted by molar-refractivity contribution is 5.86. The second kappa shape index (κ2) is 9.05. The Bertz CT molecular complexity index is 1060. The summed E-state index contributed by atoms with van der Waals surface area (Å²) >= 11 is 0. The molecule has 1 saturated heterocycles. The maximum Gasteiger partial charge on any atom is 0.318 e. The molecule has 5 nitrogen and oxygen atoms in total. The number of carbonyl (C=O) groups is 1. The summed E-state index contributed by atoms with van der Waals surface area (Å²) in [6.45, 7) is 6.99. The number of aryl methyl sites for hydroxylation is 1. The quantitative estimate of drug-likeness (QED) is 0.597. The molecule has 32 heavy (non-hydrogen) atoms. The SMILES string of the molecule is Cc1ccc(N(C)c2ccc(C(C)(C(=O)O)c3ccc(N4CCOCC4)cc3)cc2)cc1. The summed E-state index contributed by atoms with van der Waals surface area (Å²) in [4.78, 5) is 16.8. The Morgan fingerprint density at radius 1 is 0.875 bits per heavy atom. The Morgan fingerprint density at radius 2 is 1.34 bits per heavy atom. The van der Waals surface area contributed by atoms with Gasteiger partial charge in [-0.3, -0.25) is 4.79 Å². The molecular weight excluding hydrogens is 400 g/mol. The van der Waals surface area contributed by atoms with Crippen molar-refractivity contribution in [3.05, 3.63) is 89.5 Å². The van der Waals surface area contributed by atoms with Gasteiger partial charge in [0.25, 0.3) is 0 Å². The highest BCUT2D eigenvalue weighted by Gasteiger charge is 2.37. The fourth-order valence-corrected chi connectivity index (χ4v) is 4.18. The van der Waals surface area contributed by atoms with Gasteiger partial charge in [0.2, 0.25) is 0 Å². The van der Waals surface area contributed by atoms with Crippen LogP contribution in [0.15, 0.2) is 72.8 Å². The molecule has 166 valence electrons. The van der Waals surface area contributed by atoms with E-state index in [2.05, 4.69) is 41.0 Å². The van der Waals surface area contributed by atoms with E-state index in [1.165, 1.54) is 5.56 Å². The number of carboxylic acid groups (broad SMARTS) is 1. The molecule has 0 aliphatic carbocycles. The second-order valence-electron chi connectivity index (χ2n) is 8.52. The second-order valence-corrected chi connectivity index (χ2v) is 8.52. The molecule has 0 amide bonds. The van der Waals surface area contributed by atoms with Crippen molar-refractivity contribution < 1.29 is 14.6 Å². The monoisotopic (exact) mass is 430 g/mol. The highest BCUT2D eigenvalue weighted by Crippen LogP contribution is 2.35. The average molecular weight is 431 g/mol. The lowest BCUT2D eigenvalue weighted by molar-refractivity contribution is -0.141. The number of ether oxygens (including phenoxy) is 1. The van der Waals surface area contributed by atoms with E-state index in [1.54, 1.807) is 6.92 Å². The van der Waals surface area contributed by atoms with Gasteiger partial charge in [-0.2, -0.15) is 0 Å². The number of anilines is 3. The largest absolute Gasteiger partial charge is 0.480 e. The summed E-state index contributed by atoms with van der Waals surface area (Å²) < 4.78 is 5.43. The van der Waals surface area contributed by atoms with E-state index in [9.17, 15) is 9.90 Å². The van der Waals surface area contributed by atoms with Gasteiger partial charge in [-0.1, -0.05) is 42.0 Å². The molecule has 5 heteroatoms. The minimum absolute atomic E-state index is 0.720. The normalized spacial score (nSPS) is 15.8. The van der Waals surface area contributed by atoms with Gasteiger partial charge in [0.15, 0.2) is 0 Å². The number of aliphatic carboxylic acids is 1. The zero-order valence-electron chi connectivity index (χ0n) is 18.9. The molecule has 0 saturated carbocycles. The first kappa shape index (κ1) is 21.9. The summed E-state index contributed by atoms with van der Waals surface area (Å²) in [6.07, 6.45) is 0. The zero-order valence-corrected chi connectivity index (χ0v) is 18.9. The van der Waals surface area contributed by atoms with Crippen LogP contribution < -0.4 is 9.80 Å². The number of benzene rings is 3. The highest BCUT2D eigenvalue weighted by atomic mass is 16.5. The Labute approximate surface area is 189 Å². The van der Waals surface area contributed by atoms with Crippen LogP contribution in [-0.2, 0) is 14.9 Å². The van der Waals surface area contributed by atoms with Gasteiger partial charge in [-0.05, 0) is 61.4 Å². The molecule has 3 aromatic rings. The fourth-order valence-electron chi connectivity index (χ4n) is 4.18. The van der Waals surface area contributed by atoms with Gasteiger partial charge >= 0.3 is 5.97 Å². The summed E-state index contributed by atoms with van der Waals surface area (Å²) in [5.41, 5.74) is 4.79.